The van der Waals surface area contributed by atoms with Crippen molar-refractivity contribution in [2.45, 2.75) is 18.3 Å². The zero-order valence-corrected chi connectivity index (χ0v) is 10.9. The Morgan fingerprint density at radius 3 is 2.75 bits per heavy atom. The molecule has 0 aromatic carbocycles. The molecule has 0 spiro atoms. The minimum atomic E-state index is -4.43. The fourth-order valence-corrected chi connectivity index (χ4v) is 2.07. The van der Waals surface area contributed by atoms with Crippen molar-refractivity contribution < 1.29 is 27.1 Å². The van der Waals surface area contributed by atoms with E-state index in [0.29, 0.717) is 5.76 Å². The van der Waals surface area contributed by atoms with E-state index in [4.69, 9.17) is 4.42 Å². The third kappa shape index (κ3) is 2.96. The SMILES string of the molecule is COC1(C(F)(F)F)CN(CC(=O)NCc2ccco2)C1. The average Bonchev–Trinajstić information content (AvgIpc) is 2.82. The Kier molecular flexibility index (Phi) is 4.05. The molecule has 1 aromatic rings. The van der Waals surface area contributed by atoms with Gasteiger partial charge in [0, 0.05) is 20.2 Å². The van der Waals surface area contributed by atoms with Crippen LogP contribution in [0.2, 0.25) is 0 Å². The number of alkyl halides is 3. The summed E-state index contributed by atoms with van der Waals surface area (Å²) in [6, 6.07) is 3.39. The zero-order chi connectivity index (χ0) is 14.8. The van der Waals surface area contributed by atoms with Crippen LogP contribution in [0.4, 0.5) is 13.2 Å². The predicted octanol–water partition coefficient (Wildman–Crippen LogP) is 1.16. The molecule has 0 atom stereocenters. The molecule has 1 aliphatic heterocycles. The Balaban J connectivity index is 1.75. The molecule has 112 valence electrons. The summed E-state index contributed by atoms with van der Waals surface area (Å²) in [6.07, 6.45) is -2.95. The van der Waals surface area contributed by atoms with Crippen molar-refractivity contribution in [1.29, 1.82) is 0 Å². The van der Waals surface area contributed by atoms with Gasteiger partial charge < -0.3 is 14.5 Å². The van der Waals surface area contributed by atoms with Crippen LogP contribution in [0.15, 0.2) is 22.8 Å². The van der Waals surface area contributed by atoms with Crippen LogP contribution in [0, 0.1) is 0 Å². The van der Waals surface area contributed by atoms with Crippen LogP contribution < -0.4 is 5.32 Å². The van der Waals surface area contributed by atoms with Crippen LogP contribution in [0.1, 0.15) is 5.76 Å². The number of hydrogen-bond donors (Lipinski definition) is 1. The Labute approximate surface area is 113 Å². The second-order valence-electron chi connectivity index (χ2n) is 4.70. The van der Waals surface area contributed by atoms with Crippen molar-refractivity contribution in [3.05, 3.63) is 24.2 Å². The van der Waals surface area contributed by atoms with Crippen molar-refractivity contribution in [3.63, 3.8) is 0 Å². The highest BCUT2D eigenvalue weighted by Crippen LogP contribution is 2.40. The van der Waals surface area contributed by atoms with E-state index in [0.717, 1.165) is 7.11 Å². The van der Waals surface area contributed by atoms with Crippen molar-refractivity contribution in [2.24, 2.45) is 0 Å². The Morgan fingerprint density at radius 2 is 2.25 bits per heavy atom. The van der Waals surface area contributed by atoms with E-state index in [1.54, 1.807) is 12.1 Å². The standard InChI is InChI=1S/C12H15F3N2O3/c1-19-11(12(13,14)15)7-17(8-11)6-10(18)16-5-9-3-2-4-20-9/h2-4H,5-8H2,1H3,(H,16,18). The molecular weight excluding hydrogens is 277 g/mol. The van der Waals surface area contributed by atoms with Gasteiger partial charge in [0.1, 0.15) is 5.76 Å². The van der Waals surface area contributed by atoms with E-state index >= 15 is 0 Å². The normalized spacial score (nSPS) is 18.6. The molecule has 5 nitrogen and oxygen atoms in total. The molecule has 1 saturated heterocycles. The number of nitrogens with one attached hydrogen (secondary N) is 1. The number of methoxy groups -OCH3 is 1. The highest BCUT2D eigenvalue weighted by Gasteiger charge is 2.62. The second kappa shape index (κ2) is 5.45. The lowest BCUT2D eigenvalue weighted by atomic mass is 9.93. The predicted molar refractivity (Wildman–Crippen MR) is 62.8 cm³/mol. The van der Waals surface area contributed by atoms with E-state index in [-0.39, 0.29) is 32.1 Å². The first kappa shape index (κ1) is 14.9. The lowest BCUT2D eigenvalue weighted by Crippen LogP contribution is -2.70. The summed E-state index contributed by atoms with van der Waals surface area (Å²) >= 11 is 0. The first-order valence-corrected chi connectivity index (χ1v) is 6.00. The van der Waals surface area contributed by atoms with E-state index in [2.05, 4.69) is 10.1 Å². The molecule has 0 radical (unpaired) electrons. The second-order valence-corrected chi connectivity index (χ2v) is 4.70. The lowest BCUT2D eigenvalue weighted by Gasteiger charge is -2.49. The molecule has 2 heterocycles. The van der Waals surface area contributed by atoms with E-state index in [9.17, 15) is 18.0 Å². The van der Waals surface area contributed by atoms with Gasteiger partial charge in [-0.05, 0) is 12.1 Å². The van der Waals surface area contributed by atoms with E-state index in [1.807, 2.05) is 0 Å². The summed E-state index contributed by atoms with van der Waals surface area (Å²) in [4.78, 5) is 13.0. The molecule has 1 aromatic heterocycles. The summed E-state index contributed by atoms with van der Waals surface area (Å²) in [6.45, 7) is -0.543. The zero-order valence-electron chi connectivity index (χ0n) is 10.9. The summed E-state index contributed by atoms with van der Waals surface area (Å²) in [5.74, 6) is 0.233. The maximum absolute atomic E-state index is 12.7. The molecular formula is C12H15F3N2O3. The van der Waals surface area contributed by atoms with Crippen LogP contribution >= 0.6 is 0 Å². The first-order valence-electron chi connectivity index (χ1n) is 6.00. The molecule has 20 heavy (non-hydrogen) atoms. The quantitative estimate of drug-likeness (QED) is 0.885. The topological polar surface area (TPSA) is 54.7 Å². The van der Waals surface area contributed by atoms with Crippen molar-refractivity contribution in [1.82, 2.24) is 10.2 Å². The van der Waals surface area contributed by atoms with Crippen molar-refractivity contribution in [3.8, 4) is 0 Å². The molecule has 1 N–H and O–H groups in total. The number of nitrogens with zero attached hydrogens (tertiary/aromatic N) is 1. The number of likely N-dealkylation sites (tertiary alicyclic amines) is 1. The molecule has 1 amide bonds. The Hall–Kier alpha value is -1.54. The number of carbonyl (C=O) groups excluding carboxylic acids is 1. The van der Waals surface area contributed by atoms with Gasteiger partial charge in [0.25, 0.3) is 0 Å². The van der Waals surface area contributed by atoms with Gasteiger partial charge in [-0.2, -0.15) is 13.2 Å². The van der Waals surface area contributed by atoms with Crippen LogP contribution in [0.5, 0.6) is 0 Å². The fraction of sp³-hybridized carbons (Fsp3) is 0.583. The highest BCUT2D eigenvalue weighted by molar-refractivity contribution is 5.78. The minimum Gasteiger partial charge on any atom is -0.467 e. The van der Waals surface area contributed by atoms with Crippen LogP contribution in [-0.2, 0) is 16.1 Å². The number of furan rings is 1. The maximum atomic E-state index is 12.7. The third-order valence-electron chi connectivity index (χ3n) is 3.27. The van der Waals surface area contributed by atoms with E-state index in [1.165, 1.54) is 11.2 Å². The number of hydrogen-bond acceptors (Lipinski definition) is 4. The molecule has 8 heteroatoms. The summed E-state index contributed by atoms with van der Waals surface area (Å²) in [5, 5.41) is 2.57. The van der Waals surface area contributed by atoms with Gasteiger partial charge in [0.15, 0.2) is 5.60 Å². The summed E-state index contributed by atoms with van der Waals surface area (Å²) in [7, 11) is 1.03. The first-order chi connectivity index (χ1) is 9.36. The lowest BCUT2D eigenvalue weighted by molar-refractivity contribution is -0.309. The van der Waals surface area contributed by atoms with Gasteiger partial charge in [-0.1, -0.05) is 0 Å². The third-order valence-corrected chi connectivity index (χ3v) is 3.27. The van der Waals surface area contributed by atoms with Crippen LogP contribution in [-0.4, -0.2) is 49.3 Å². The highest BCUT2D eigenvalue weighted by atomic mass is 19.4. The fourth-order valence-electron chi connectivity index (χ4n) is 2.07. The Bertz CT molecular complexity index is 453. The molecule has 2 rings (SSSR count). The largest absolute Gasteiger partial charge is 0.467 e. The molecule has 1 fully saturated rings. The Morgan fingerprint density at radius 1 is 1.55 bits per heavy atom. The van der Waals surface area contributed by atoms with Crippen molar-refractivity contribution in [2.75, 3.05) is 26.7 Å². The molecule has 0 bridgehead atoms. The van der Waals surface area contributed by atoms with Gasteiger partial charge in [0.2, 0.25) is 5.91 Å². The van der Waals surface area contributed by atoms with E-state index < -0.39 is 11.8 Å². The maximum Gasteiger partial charge on any atom is 0.419 e. The van der Waals surface area contributed by atoms with Gasteiger partial charge in [0.05, 0.1) is 19.4 Å². The molecule has 0 unspecified atom stereocenters. The molecule has 0 aliphatic carbocycles. The number of amides is 1. The van der Waals surface area contributed by atoms with Crippen LogP contribution in [0.3, 0.4) is 0 Å². The number of ether oxygens (including phenoxy) is 1. The summed E-state index contributed by atoms with van der Waals surface area (Å²) < 4.78 is 47.8. The van der Waals surface area contributed by atoms with Gasteiger partial charge in [-0.3, -0.25) is 9.69 Å². The number of halogens is 3. The van der Waals surface area contributed by atoms with Gasteiger partial charge in [-0.25, -0.2) is 0 Å². The van der Waals surface area contributed by atoms with Crippen LogP contribution in [0.25, 0.3) is 0 Å². The minimum absolute atomic E-state index is 0.0953. The monoisotopic (exact) mass is 292 g/mol. The number of carbonyl (C=O) groups is 1. The van der Waals surface area contributed by atoms with Gasteiger partial charge in [-0.15, -0.1) is 0 Å². The van der Waals surface area contributed by atoms with Crippen molar-refractivity contribution >= 4 is 5.91 Å². The molecule has 1 aliphatic rings. The number of rotatable bonds is 5. The van der Waals surface area contributed by atoms with Gasteiger partial charge >= 0.3 is 6.18 Å². The smallest absolute Gasteiger partial charge is 0.419 e. The summed E-state index contributed by atoms with van der Waals surface area (Å²) in [5.41, 5.74) is -2.14. The molecule has 0 saturated carbocycles. The average molecular weight is 292 g/mol.